The summed E-state index contributed by atoms with van der Waals surface area (Å²) in [5.74, 6) is -0.203. The number of hydrogen-bond donors (Lipinski definition) is 0. The van der Waals surface area contributed by atoms with Gasteiger partial charge in [-0.1, -0.05) is 30.3 Å². The summed E-state index contributed by atoms with van der Waals surface area (Å²) < 4.78 is 0. The summed E-state index contributed by atoms with van der Waals surface area (Å²) in [5, 5.41) is 11.2. The van der Waals surface area contributed by atoms with Crippen LogP contribution in [-0.2, 0) is 4.79 Å². The maximum Gasteiger partial charge on any atom is 0.246 e. The lowest BCUT2D eigenvalue weighted by Crippen LogP contribution is -2.37. The molecule has 2 aromatic rings. The van der Waals surface area contributed by atoms with Gasteiger partial charge >= 0.3 is 0 Å². The van der Waals surface area contributed by atoms with Gasteiger partial charge in [0.25, 0.3) is 0 Å². The zero-order valence-corrected chi connectivity index (χ0v) is 11.3. The van der Waals surface area contributed by atoms with Gasteiger partial charge in [-0.3, -0.25) is 4.79 Å². The molecule has 0 saturated carbocycles. The molecule has 2 rings (SSSR count). The molecule has 3 heteroatoms. The van der Waals surface area contributed by atoms with E-state index in [4.69, 9.17) is 5.26 Å². The van der Waals surface area contributed by atoms with E-state index in [-0.39, 0.29) is 5.91 Å². The second kappa shape index (κ2) is 4.74. The highest BCUT2D eigenvalue weighted by Gasteiger charge is 2.30. The summed E-state index contributed by atoms with van der Waals surface area (Å²) in [6.07, 6.45) is 0. The maximum atomic E-state index is 12.2. The number of hydrogen-bond acceptors (Lipinski definition) is 2. The molecule has 0 aliphatic heterocycles. The lowest BCUT2D eigenvalue weighted by Gasteiger charge is -2.24. The highest BCUT2D eigenvalue weighted by molar-refractivity contribution is 6.00. The number of fused-ring (bicyclic) bond motifs is 1. The molecule has 0 aliphatic rings. The smallest absolute Gasteiger partial charge is 0.246 e. The zero-order chi connectivity index (χ0) is 14.0. The van der Waals surface area contributed by atoms with Crippen molar-refractivity contribution >= 4 is 22.4 Å². The third-order valence-electron chi connectivity index (χ3n) is 3.24. The molecular formula is C16H16N2O. The normalized spacial score (nSPS) is 11.1. The van der Waals surface area contributed by atoms with Crippen LogP contribution in [-0.4, -0.2) is 13.0 Å². The third-order valence-corrected chi connectivity index (χ3v) is 3.24. The van der Waals surface area contributed by atoms with Gasteiger partial charge in [0, 0.05) is 12.7 Å². The quantitative estimate of drug-likeness (QED) is 0.822. The second-order valence-electron chi connectivity index (χ2n) is 5.13. The largest absolute Gasteiger partial charge is 0.314 e. The van der Waals surface area contributed by atoms with Gasteiger partial charge in [-0.2, -0.15) is 5.26 Å². The van der Waals surface area contributed by atoms with Gasteiger partial charge in [-0.25, -0.2) is 0 Å². The van der Waals surface area contributed by atoms with E-state index in [2.05, 4.69) is 0 Å². The predicted molar refractivity (Wildman–Crippen MR) is 76.8 cm³/mol. The Morgan fingerprint density at radius 2 is 1.79 bits per heavy atom. The molecule has 0 N–H and O–H groups in total. The highest BCUT2D eigenvalue weighted by atomic mass is 16.2. The Labute approximate surface area is 113 Å². The van der Waals surface area contributed by atoms with E-state index in [0.717, 1.165) is 16.5 Å². The average molecular weight is 252 g/mol. The molecule has 0 aromatic heterocycles. The highest BCUT2D eigenvalue weighted by Crippen LogP contribution is 2.25. The van der Waals surface area contributed by atoms with Gasteiger partial charge in [0.05, 0.1) is 6.07 Å². The Kier molecular flexibility index (Phi) is 3.26. The molecule has 0 aliphatic carbocycles. The molecule has 2 aromatic carbocycles. The lowest BCUT2D eigenvalue weighted by atomic mass is 9.93. The van der Waals surface area contributed by atoms with Crippen LogP contribution >= 0.6 is 0 Å². The molecule has 0 unspecified atom stereocenters. The second-order valence-corrected chi connectivity index (χ2v) is 5.13. The Hall–Kier alpha value is -2.34. The molecule has 0 atom stereocenters. The first-order valence-electron chi connectivity index (χ1n) is 6.14. The van der Waals surface area contributed by atoms with Gasteiger partial charge in [0.1, 0.15) is 5.41 Å². The topological polar surface area (TPSA) is 44.1 Å². The van der Waals surface area contributed by atoms with Crippen LogP contribution in [0.1, 0.15) is 13.8 Å². The summed E-state index contributed by atoms with van der Waals surface area (Å²) in [6, 6.07) is 15.9. The van der Waals surface area contributed by atoms with Crippen molar-refractivity contribution in [3.63, 3.8) is 0 Å². The Bertz CT molecular complexity index is 668. The van der Waals surface area contributed by atoms with E-state index in [1.54, 1.807) is 20.9 Å². The van der Waals surface area contributed by atoms with E-state index in [1.807, 2.05) is 48.5 Å². The van der Waals surface area contributed by atoms with Crippen LogP contribution in [0.3, 0.4) is 0 Å². The Morgan fingerprint density at radius 3 is 2.42 bits per heavy atom. The molecule has 0 heterocycles. The first-order chi connectivity index (χ1) is 8.95. The average Bonchev–Trinajstić information content (AvgIpc) is 2.45. The SMILES string of the molecule is CN(C(=O)C(C)(C)C#N)c1ccc2ccccc2c1. The van der Waals surface area contributed by atoms with E-state index in [0.29, 0.717) is 0 Å². The molecule has 0 fully saturated rings. The first kappa shape index (κ1) is 13.1. The van der Waals surface area contributed by atoms with Gasteiger partial charge < -0.3 is 4.90 Å². The zero-order valence-electron chi connectivity index (χ0n) is 11.3. The van der Waals surface area contributed by atoms with E-state index >= 15 is 0 Å². The Balaban J connectivity index is 2.40. The molecular weight excluding hydrogens is 236 g/mol. The van der Waals surface area contributed by atoms with Crippen LogP contribution in [0, 0.1) is 16.7 Å². The van der Waals surface area contributed by atoms with Crippen molar-refractivity contribution in [1.29, 1.82) is 5.26 Å². The maximum absolute atomic E-state index is 12.2. The van der Waals surface area contributed by atoms with Gasteiger partial charge in [0.2, 0.25) is 5.91 Å². The standard InChI is InChI=1S/C16H16N2O/c1-16(2,11-17)15(19)18(3)14-9-8-12-6-4-5-7-13(12)10-14/h4-10H,1-3H3. The minimum absolute atomic E-state index is 0.203. The molecule has 1 amide bonds. The van der Waals surface area contributed by atoms with Crippen LogP contribution in [0.5, 0.6) is 0 Å². The number of rotatable bonds is 2. The van der Waals surface area contributed by atoms with Crippen LogP contribution in [0.4, 0.5) is 5.69 Å². The minimum Gasteiger partial charge on any atom is -0.314 e. The number of anilines is 1. The van der Waals surface area contributed by atoms with Crippen molar-refractivity contribution in [1.82, 2.24) is 0 Å². The number of nitriles is 1. The van der Waals surface area contributed by atoms with E-state index in [9.17, 15) is 4.79 Å². The molecule has 0 saturated heterocycles. The van der Waals surface area contributed by atoms with E-state index < -0.39 is 5.41 Å². The van der Waals surface area contributed by atoms with Crippen LogP contribution in [0.15, 0.2) is 42.5 Å². The summed E-state index contributed by atoms with van der Waals surface area (Å²) in [4.78, 5) is 13.8. The van der Waals surface area contributed by atoms with Crippen LogP contribution < -0.4 is 4.90 Å². The van der Waals surface area contributed by atoms with Crippen molar-refractivity contribution in [2.45, 2.75) is 13.8 Å². The first-order valence-corrected chi connectivity index (χ1v) is 6.14. The summed E-state index contributed by atoms with van der Waals surface area (Å²) in [7, 11) is 1.70. The van der Waals surface area contributed by atoms with Crippen molar-refractivity contribution in [3.05, 3.63) is 42.5 Å². The fourth-order valence-electron chi connectivity index (χ4n) is 1.97. The summed E-state index contributed by atoms with van der Waals surface area (Å²) in [6.45, 7) is 3.26. The minimum atomic E-state index is -1.01. The summed E-state index contributed by atoms with van der Waals surface area (Å²) in [5.41, 5.74) is -0.215. The summed E-state index contributed by atoms with van der Waals surface area (Å²) >= 11 is 0. The van der Waals surface area contributed by atoms with Crippen LogP contribution in [0.2, 0.25) is 0 Å². The van der Waals surface area contributed by atoms with Crippen molar-refractivity contribution < 1.29 is 4.79 Å². The molecule has 3 nitrogen and oxygen atoms in total. The molecule has 0 radical (unpaired) electrons. The number of carbonyl (C=O) groups is 1. The molecule has 0 spiro atoms. The predicted octanol–water partition coefficient (Wildman–Crippen LogP) is 3.35. The number of nitrogens with zero attached hydrogens (tertiary/aromatic N) is 2. The van der Waals surface area contributed by atoms with Crippen molar-refractivity contribution in [2.75, 3.05) is 11.9 Å². The third kappa shape index (κ3) is 2.43. The number of amides is 1. The van der Waals surface area contributed by atoms with Crippen LogP contribution in [0.25, 0.3) is 10.8 Å². The van der Waals surface area contributed by atoms with Gasteiger partial charge in [-0.15, -0.1) is 0 Å². The molecule has 96 valence electrons. The monoisotopic (exact) mass is 252 g/mol. The number of benzene rings is 2. The molecule has 0 bridgehead atoms. The van der Waals surface area contributed by atoms with E-state index in [1.165, 1.54) is 4.90 Å². The van der Waals surface area contributed by atoms with Crippen molar-refractivity contribution in [2.24, 2.45) is 5.41 Å². The number of carbonyl (C=O) groups excluding carboxylic acids is 1. The van der Waals surface area contributed by atoms with Gasteiger partial charge in [-0.05, 0) is 36.8 Å². The molecule has 19 heavy (non-hydrogen) atoms. The lowest BCUT2D eigenvalue weighted by molar-refractivity contribution is -0.123. The fraction of sp³-hybridized carbons (Fsp3) is 0.250. The fourth-order valence-corrected chi connectivity index (χ4v) is 1.97. The van der Waals surface area contributed by atoms with Gasteiger partial charge in [0.15, 0.2) is 0 Å². The van der Waals surface area contributed by atoms with Crippen molar-refractivity contribution in [3.8, 4) is 6.07 Å². The Morgan fingerprint density at radius 1 is 1.16 bits per heavy atom.